The van der Waals surface area contributed by atoms with Gasteiger partial charge in [0.2, 0.25) is 5.91 Å². The molecule has 2 aliphatic heterocycles. The largest absolute Gasteiger partial charge is 0.497 e. The van der Waals surface area contributed by atoms with Gasteiger partial charge in [-0.05, 0) is 24.1 Å². The van der Waals surface area contributed by atoms with Gasteiger partial charge in [0.1, 0.15) is 11.6 Å². The van der Waals surface area contributed by atoms with Gasteiger partial charge in [-0.2, -0.15) is 0 Å². The summed E-state index contributed by atoms with van der Waals surface area (Å²) in [6.45, 7) is 1.51. The Kier molecular flexibility index (Phi) is 4.57. The molecule has 2 N–H and O–H groups in total. The molecule has 7 nitrogen and oxygen atoms in total. The number of amides is 1. The number of ether oxygens (including phenoxy) is 1. The van der Waals surface area contributed by atoms with Crippen molar-refractivity contribution in [3.8, 4) is 5.75 Å². The number of nitrogens with one attached hydrogen (secondary N) is 1. The van der Waals surface area contributed by atoms with Crippen molar-refractivity contribution in [1.29, 1.82) is 0 Å². The molecule has 7 heteroatoms. The average Bonchev–Trinajstić information content (AvgIpc) is 3.27. The number of β-amino-alcohol motifs (C(OH)–C–C–N with tert-alkyl or cyclic N) is 1. The molecular weight excluding hydrogens is 332 g/mol. The number of aliphatic hydroxyl groups excluding tert-OH is 1. The second-order valence-corrected chi connectivity index (χ2v) is 6.83. The highest BCUT2D eigenvalue weighted by Gasteiger charge is 2.34. The van der Waals surface area contributed by atoms with Gasteiger partial charge in [-0.1, -0.05) is 12.1 Å². The Morgan fingerprint density at radius 1 is 1.35 bits per heavy atom. The summed E-state index contributed by atoms with van der Waals surface area (Å²) in [7, 11) is 1.65. The number of fused-ring (bicyclic) bond motifs is 1. The third-order valence-corrected chi connectivity index (χ3v) is 4.94. The van der Waals surface area contributed by atoms with E-state index in [1.54, 1.807) is 12.0 Å². The number of benzene rings is 1. The van der Waals surface area contributed by atoms with Gasteiger partial charge in [0.15, 0.2) is 0 Å². The summed E-state index contributed by atoms with van der Waals surface area (Å²) in [6.07, 6.45) is 2.50. The standard InChI is InChI=1S/C19H22N4O3/c1-26-15-4-2-12(3-5-15)6-18-21-8-13-10-23(11-17(13)22-18)19(25)16-7-14(24)9-20-16/h2-5,8,14,16,20,24H,6-7,9-11H2,1H3/t14-,16+/m1/s1. The first-order chi connectivity index (χ1) is 12.6. The maximum Gasteiger partial charge on any atom is 0.240 e. The van der Waals surface area contributed by atoms with Crippen LogP contribution >= 0.6 is 0 Å². The van der Waals surface area contributed by atoms with Crippen LogP contribution < -0.4 is 10.1 Å². The van der Waals surface area contributed by atoms with Crippen molar-refractivity contribution in [3.63, 3.8) is 0 Å². The molecule has 0 aliphatic carbocycles. The molecule has 2 aromatic rings. The fourth-order valence-electron chi connectivity index (χ4n) is 3.49. The fraction of sp³-hybridized carbons (Fsp3) is 0.421. The van der Waals surface area contributed by atoms with E-state index < -0.39 is 6.10 Å². The van der Waals surface area contributed by atoms with Gasteiger partial charge in [-0.3, -0.25) is 4.79 Å². The summed E-state index contributed by atoms with van der Waals surface area (Å²) in [5, 5.41) is 12.7. The quantitative estimate of drug-likeness (QED) is 0.838. The topological polar surface area (TPSA) is 87.6 Å². The van der Waals surface area contributed by atoms with Crippen LogP contribution in [-0.2, 0) is 24.3 Å². The number of rotatable bonds is 4. The molecule has 1 saturated heterocycles. The van der Waals surface area contributed by atoms with Gasteiger partial charge >= 0.3 is 0 Å². The van der Waals surface area contributed by atoms with E-state index in [4.69, 9.17) is 4.74 Å². The number of hydrogen-bond donors (Lipinski definition) is 2. The van der Waals surface area contributed by atoms with Crippen LogP contribution in [0.4, 0.5) is 0 Å². The number of carbonyl (C=O) groups is 1. The van der Waals surface area contributed by atoms with Crippen LogP contribution in [0, 0.1) is 0 Å². The monoisotopic (exact) mass is 354 g/mol. The lowest BCUT2D eigenvalue weighted by molar-refractivity contribution is -0.133. The van der Waals surface area contributed by atoms with Crippen molar-refractivity contribution in [2.45, 2.75) is 38.1 Å². The molecule has 1 fully saturated rings. The minimum Gasteiger partial charge on any atom is -0.497 e. The van der Waals surface area contributed by atoms with Crippen molar-refractivity contribution in [2.75, 3.05) is 13.7 Å². The summed E-state index contributed by atoms with van der Waals surface area (Å²) in [5.41, 5.74) is 3.02. The van der Waals surface area contributed by atoms with Crippen molar-refractivity contribution in [2.24, 2.45) is 0 Å². The highest BCUT2D eigenvalue weighted by molar-refractivity contribution is 5.82. The van der Waals surface area contributed by atoms with E-state index in [-0.39, 0.29) is 11.9 Å². The zero-order chi connectivity index (χ0) is 18.1. The number of aromatic nitrogens is 2. The van der Waals surface area contributed by atoms with E-state index in [1.165, 1.54) is 0 Å². The molecule has 0 spiro atoms. The minimum atomic E-state index is -0.440. The number of aliphatic hydroxyl groups is 1. The molecule has 1 aromatic carbocycles. The lowest BCUT2D eigenvalue weighted by atomic mass is 10.1. The molecular formula is C19H22N4O3. The van der Waals surface area contributed by atoms with Crippen molar-refractivity contribution < 1.29 is 14.6 Å². The predicted molar refractivity (Wildman–Crippen MR) is 94.5 cm³/mol. The normalized spacial score (nSPS) is 21.7. The van der Waals surface area contributed by atoms with E-state index in [0.717, 1.165) is 28.4 Å². The summed E-state index contributed by atoms with van der Waals surface area (Å²) in [6, 6.07) is 7.55. The Balaban J connectivity index is 1.43. The molecule has 3 heterocycles. The molecule has 1 amide bonds. The van der Waals surface area contributed by atoms with Crippen LogP contribution in [0.25, 0.3) is 0 Å². The Morgan fingerprint density at radius 3 is 2.85 bits per heavy atom. The fourth-order valence-corrected chi connectivity index (χ4v) is 3.49. The summed E-state index contributed by atoms with van der Waals surface area (Å²) < 4.78 is 5.17. The minimum absolute atomic E-state index is 0.0243. The van der Waals surface area contributed by atoms with Crippen LogP contribution in [0.1, 0.15) is 29.1 Å². The van der Waals surface area contributed by atoms with Gasteiger partial charge in [-0.15, -0.1) is 0 Å². The predicted octanol–water partition coefficient (Wildman–Crippen LogP) is 0.641. The lowest BCUT2D eigenvalue weighted by Crippen LogP contribution is -2.41. The van der Waals surface area contributed by atoms with Gasteiger partial charge < -0.3 is 20.1 Å². The second kappa shape index (κ2) is 7.01. The summed E-state index contributed by atoms with van der Waals surface area (Å²) >= 11 is 0. The number of nitrogens with zero attached hydrogens (tertiary/aromatic N) is 3. The Labute approximate surface area is 152 Å². The molecule has 0 radical (unpaired) electrons. The Bertz CT molecular complexity index is 809. The van der Waals surface area contributed by atoms with E-state index in [1.807, 2.05) is 30.5 Å². The first-order valence-corrected chi connectivity index (χ1v) is 8.79. The second-order valence-electron chi connectivity index (χ2n) is 6.83. The van der Waals surface area contributed by atoms with Crippen LogP contribution in [-0.4, -0.2) is 51.7 Å². The number of hydrogen-bond acceptors (Lipinski definition) is 6. The van der Waals surface area contributed by atoms with Crippen LogP contribution in [0.5, 0.6) is 5.75 Å². The van der Waals surface area contributed by atoms with Gasteiger partial charge in [-0.25, -0.2) is 9.97 Å². The summed E-state index contributed by atoms with van der Waals surface area (Å²) in [4.78, 5) is 23.5. The van der Waals surface area contributed by atoms with Crippen LogP contribution in [0.2, 0.25) is 0 Å². The summed E-state index contributed by atoms with van der Waals surface area (Å²) in [5.74, 6) is 1.59. The molecule has 0 unspecified atom stereocenters. The first-order valence-electron chi connectivity index (χ1n) is 8.79. The third-order valence-electron chi connectivity index (χ3n) is 4.94. The van der Waals surface area contributed by atoms with Crippen LogP contribution in [0.3, 0.4) is 0 Å². The van der Waals surface area contributed by atoms with Gasteiger partial charge in [0, 0.05) is 31.3 Å². The van der Waals surface area contributed by atoms with E-state index in [0.29, 0.717) is 32.5 Å². The van der Waals surface area contributed by atoms with Crippen molar-refractivity contribution in [1.82, 2.24) is 20.2 Å². The third kappa shape index (κ3) is 3.40. The van der Waals surface area contributed by atoms with Crippen molar-refractivity contribution >= 4 is 5.91 Å². The SMILES string of the molecule is COc1ccc(Cc2ncc3c(n2)CN(C(=O)[C@@H]2C[C@@H](O)CN2)C3)cc1. The van der Waals surface area contributed by atoms with E-state index >= 15 is 0 Å². The zero-order valence-corrected chi connectivity index (χ0v) is 14.7. The first kappa shape index (κ1) is 16.9. The molecule has 26 heavy (non-hydrogen) atoms. The number of methoxy groups -OCH3 is 1. The van der Waals surface area contributed by atoms with Crippen LogP contribution in [0.15, 0.2) is 30.5 Å². The highest BCUT2D eigenvalue weighted by Crippen LogP contribution is 2.23. The van der Waals surface area contributed by atoms with Gasteiger partial charge in [0.05, 0.1) is 31.5 Å². The zero-order valence-electron chi connectivity index (χ0n) is 14.7. The molecule has 1 aromatic heterocycles. The van der Waals surface area contributed by atoms with E-state index in [9.17, 15) is 9.90 Å². The maximum absolute atomic E-state index is 12.6. The lowest BCUT2D eigenvalue weighted by Gasteiger charge is -2.19. The molecule has 4 rings (SSSR count). The molecule has 0 bridgehead atoms. The Hall–Kier alpha value is -2.51. The average molecular weight is 354 g/mol. The Morgan fingerprint density at radius 2 is 2.15 bits per heavy atom. The molecule has 2 aliphatic rings. The maximum atomic E-state index is 12.6. The molecule has 2 atom stereocenters. The van der Waals surface area contributed by atoms with E-state index in [2.05, 4.69) is 15.3 Å². The van der Waals surface area contributed by atoms with Crippen molar-refractivity contribution in [3.05, 3.63) is 53.1 Å². The molecule has 136 valence electrons. The smallest absolute Gasteiger partial charge is 0.240 e. The number of carbonyl (C=O) groups excluding carboxylic acids is 1. The highest BCUT2D eigenvalue weighted by atomic mass is 16.5. The van der Waals surface area contributed by atoms with Gasteiger partial charge in [0.25, 0.3) is 0 Å². The molecule has 0 saturated carbocycles.